The molecule has 0 amide bonds. The Kier molecular flexibility index (Phi) is 3.68. The molecule has 1 aromatic carbocycles. The Labute approximate surface area is 110 Å². The SMILES string of the molecule is Cc1c(-c2cc(Cl)ccc2F)nc(CCN)n1C. The lowest BCUT2D eigenvalue weighted by Crippen LogP contribution is -2.08. The number of aromatic nitrogens is 2. The van der Waals surface area contributed by atoms with Crippen molar-refractivity contribution in [2.24, 2.45) is 12.8 Å². The van der Waals surface area contributed by atoms with Gasteiger partial charge in [0.1, 0.15) is 11.6 Å². The van der Waals surface area contributed by atoms with Crippen LogP contribution in [0.3, 0.4) is 0 Å². The van der Waals surface area contributed by atoms with E-state index in [4.69, 9.17) is 17.3 Å². The molecule has 0 unspecified atom stereocenters. The van der Waals surface area contributed by atoms with Crippen molar-refractivity contribution in [3.8, 4) is 11.3 Å². The first-order valence-corrected chi connectivity index (χ1v) is 6.10. The van der Waals surface area contributed by atoms with E-state index in [2.05, 4.69) is 4.98 Å². The van der Waals surface area contributed by atoms with Crippen molar-refractivity contribution in [1.82, 2.24) is 9.55 Å². The summed E-state index contributed by atoms with van der Waals surface area (Å²) in [7, 11) is 1.90. The first kappa shape index (κ1) is 13.1. The molecule has 0 saturated carbocycles. The van der Waals surface area contributed by atoms with Gasteiger partial charge in [0.25, 0.3) is 0 Å². The summed E-state index contributed by atoms with van der Waals surface area (Å²) in [6.07, 6.45) is 0.666. The van der Waals surface area contributed by atoms with Gasteiger partial charge in [-0.25, -0.2) is 9.37 Å². The van der Waals surface area contributed by atoms with Crippen molar-refractivity contribution < 1.29 is 4.39 Å². The predicted octanol–water partition coefficient (Wildman–Crippen LogP) is 2.69. The molecule has 2 N–H and O–H groups in total. The summed E-state index contributed by atoms with van der Waals surface area (Å²) in [4.78, 5) is 4.46. The maximum atomic E-state index is 13.8. The Morgan fingerprint density at radius 1 is 1.44 bits per heavy atom. The van der Waals surface area contributed by atoms with Gasteiger partial charge in [0.15, 0.2) is 0 Å². The molecule has 0 aliphatic heterocycles. The van der Waals surface area contributed by atoms with E-state index in [0.717, 1.165) is 11.5 Å². The van der Waals surface area contributed by atoms with Crippen molar-refractivity contribution >= 4 is 11.6 Å². The molecule has 0 spiro atoms. The van der Waals surface area contributed by atoms with Crippen molar-refractivity contribution in [2.45, 2.75) is 13.3 Å². The number of halogens is 2. The first-order chi connectivity index (χ1) is 8.54. The second-order valence-corrected chi connectivity index (χ2v) is 4.62. The molecule has 18 heavy (non-hydrogen) atoms. The van der Waals surface area contributed by atoms with Gasteiger partial charge in [0.05, 0.1) is 5.69 Å². The Morgan fingerprint density at radius 2 is 2.17 bits per heavy atom. The van der Waals surface area contributed by atoms with E-state index in [0.29, 0.717) is 29.2 Å². The lowest BCUT2D eigenvalue weighted by atomic mass is 10.1. The first-order valence-electron chi connectivity index (χ1n) is 5.72. The third kappa shape index (κ3) is 2.26. The van der Waals surface area contributed by atoms with Crippen LogP contribution in [-0.4, -0.2) is 16.1 Å². The maximum Gasteiger partial charge on any atom is 0.132 e. The monoisotopic (exact) mass is 267 g/mol. The Hall–Kier alpha value is -1.39. The second kappa shape index (κ2) is 5.08. The molecule has 2 aromatic rings. The van der Waals surface area contributed by atoms with E-state index >= 15 is 0 Å². The molecule has 5 heteroatoms. The minimum atomic E-state index is -0.320. The van der Waals surface area contributed by atoms with Gasteiger partial charge in [-0.15, -0.1) is 0 Å². The number of rotatable bonds is 3. The van der Waals surface area contributed by atoms with Crippen LogP contribution in [0.25, 0.3) is 11.3 Å². The van der Waals surface area contributed by atoms with Crippen LogP contribution in [0.15, 0.2) is 18.2 Å². The van der Waals surface area contributed by atoms with Crippen LogP contribution in [0.1, 0.15) is 11.5 Å². The van der Waals surface area contributed by atoms with Crippen LogP contribution in [0.5, 0.6) is 0 Å². The summed E-state index contributed by atoms with van der Waals surface area (Å²) in [5, 5.41) is 0.497. The second-order valence-electron chi connectivity index (χ2n) is 4.18. The predicted molar refractivity (Wildman–Crippen MR) is 71.1 cm³/mol. The average molecular weight is 268 g/mol. The Balaban J connectivity index is 2.57. The fourth-order valence-corrected chi connectivity index (χ4v) is 2.10. The maximum absolute atomic E-state index is 13.8. The number of hydrogen-bond acceptors (Lipinski definition) is 2. The van der Waals surface area contributed by atoms with E-state index in [1.807, 2.05) is 18.5 Å². The number of nitrogens with zero attached hydrogens (tertiary/aromatic N) is 2. The third-order valence-electron chi connectivity index (χ3n) is 3.03. The minimum Gasteiger partial charge on any atom is -0.335 e. The summed E-state index contributed by atoms with van der Waals surface area (Å²) in [5.41, 5.74) is 7.49. The van der Waals surface area contributed by atoms with Gasteiger partial charge in [-0.1, -0.05) is 11.6 Å². The highest BCUT2D eigenvalue weighted by atomic mass is 35.5. The van der Waals surface area contributed by atoms with Crippen LogP contribution < -0.4 is 5.73 Å². The molecule has 0 fully saturated rings. The lowest BCUT2D eigenvalue weighted by Gasteiger charge is -2.03. The number of hydrogen-bond donors (Lipinski definition) is 1. The molecule has 0 aliphatic carbocycles. The molecule has 0 radical (unpaired) electrons. The average Bonchev–Trinajstić information content (AvgIpc) is 2.61. The number of benzene rings is 1. The molecule has 96 valence electrons. The van der Waals surface area contributed by atoms with E-state index < -0.39 is 0 Å². The van der Waals surface area contributed by atoms with Gasteiger partial charge >= 0.3 is 0 Å². The van der Waals surface area contributed by atoms with Crippen molar-refractivity contribution in [3.63, 3.8) is 0 Å². The largest absolute Gasteiger partial charge is 0.335 e. The highest BCUT2D eigenvalue weighted by molar-refractivity contribution is 6.30. The van der Waals surface area contributed by atoms with Crippen LogP contribution in [0.2, 0.25) is 5.02 Å². The summed E-state index contributed by atoms with van der Waals surface area (Å²) in [6, 6.07) is 4.48. The molecule has 2 rings (SSSR count). The zero-order chi connectivity index (χ0) is 13.3. The quantitative estimate of drug-likeness (QED) is 0.929. The van der Waals surface area contributed by atoms with Gasteiger partial charge in [0.2, 0.25) is 0 Å². The van der Waals surface area contributed by atoms with E-state index in [1.54, 1.807) is 6.07 Å². The summed E-state index contributed by atoms with van der Waals surface area (Å²) < 4.78 is 15.8. The molecule has 1 aromatic heterocycles. The molecular formula is C13H15ClFN3. The van der Waals surface area contributed by atoms with Gasteiger partial charge < -0.3 is 10.3 Å². The standard InChI is InChI=1S/C13H15ClFN3/c1-8-13(17-12(5-6-16)18(8)2)10-7-9(14)3-4-11(10)15/h3-4,7H,5-6,16H2,1-2H3. The summed E-state index contributed by atoms with van der Waals surface area (Å²) in [5.74, 6) is 0.532. The van der Waals surface area contributed by atoms with Gasteiger partial charge in [-0.3, -0.25) is 0 Å². The van der Waals surface area contributed by atoms with Crippen molar-refractivity contribution in [2.75, 3.05) is 6.54 Å². The highest BCUT2D eigenvalue weighted by Crippen LogP contribution is 2.28. The summed E-state index contributed by atoms with van der Waals surface area (Å²) in [6.45, 7) is 2.42. The van der Waals surface area contributed by atoms with Gasteiger partial charge in [0, 0.05) is 29.7 Å². The Morgan fingerprint density at radius 3 is 2.83 bits per heavy atom. The third-order valence-corrected chi connectivity index (χ3v) is 3.26. The molecular weight excluding hydrogens is 253 g/mol. The van der Waals surface area contributed by atoms with Gasteiger partial charge in [-0.2, -0.15) is 0 Å². The van der Waals surface area contributed by atoms with Crippen molar-refractivity contribution in [1.29, 1.82) is 0 Å². The lowest BCUT2D eigenvalue weighted by molar-refractivity contribution is 0.630. The number of nitrogens with two attached hydrogens (primary N) is 1. The molecule has 0 atom stereocenters. The number of imidazole rings is 1. The molecule has 0 aliphatic rings. The molecule has 0 saturated heterocycles. The van der Waals surface area contributed by atoms with Crippen LogP contribution in [-0.2, 0) is 13.5 Å². The van der Waals surface area contributed by atoms with Gasteiger partial charge in [-0.05, 0) is 31.7 Å². The molecule has 3 nitrogen and oxygen atoms in total. The summed E-state index contributed by atoms with van der Waals surface area (Å²) >= 11 is 5.91. The van der Waals surface area contributed by atoms with Crippen LogP contribution in [0.4, 0.5) is 4.39 Å². The minimum absolute atomic E-state index is 0.320. The molecule has 0 bridgehead atoms. The highest BCUT2D eigenvalue weighted by Gasteiger charge is 2.15. The van der Waals surface area contributed by atoms with E-state index in [9.17, 15) is 4.39 Å². The van der Waals surface area contributed by atoms with Crippen molar-refractivity contribution in [3.05, 3.63) is 40.6 Å². The zero-order valence-electron chi connectivity index (χ0n) is 10.4. The fourth-order valence-electron chi connectivity index (χ4n) is 1.92. The van der Waals surface area contributed by atoms with E-state index in [1.165, 1.54) is 12.1 Å². The fraction of sp³-hybridized carbons (Fsp3) is 0.308. The van der Waals surface area contributed by atoms with Crippen LogP contribution >= 0.6 is 11.6 Å². The smallest absolute Gasteiger partial charge is 0.132 e. The Bertz CT molecular complexity index is 578. The van der Waals surface area contributed by atoms with Crippen LogP contribution in [0, 0.1) is 12.7 Å². The zero-order valence-corrected chi connectivity index (χ0v) is 11.1. The normalized spacial score (nSPS) is 10.9. The molecule has 1 heterocycles. The van der Waals surface area contributed by atoms with E-state index in [-0.39, 0.29) is 5.82 Å². The topological polar surface area (TPSA) is 43.8 Å².